The third kappa shape index (κ3) is 33.2. The van der Waals surface area contributed by atoms with Gasteiger partial charge >= 0.3 is 0 Å². The van der Waals surface area contributed by atoms with E-state index in [2.05, 4.69) is 129 Å². The van der Waals surface area contributed by atoms with Gasteiger partial charge < -0.3 is 65.1 Å². The van der Waals surface area contributed by atoms with Crippen LogP contribution in [0.25, 0.3) is 0 Å². The SMILES string of the molecule is CC/C=C\C/C=C\C/C=C\C/C=C\C/C=C\C/C=C\C/C=C\C/C=C\CCCCCCCCCCCCC(=O)NC(COC1OC(CO)C(OC2OC(CO)C(O)C(O)C2O)C(O)C1O)C(O)/C=C/CC/C=C/CCCCC. The third-order valence-corrected chi connectivity index (χ3v) is 13.6. The van der Waals surface area contributed by atoms with Gasteiger partial charge in [0.25, 0.3) is 0 Å². The normalized spacial score (nSPS) is 25.5. The smallest absolute Gasteiger partial charge is 0.220 e. The van der Waals surface area contributed by atoms with E-state index in [0.717, 1.165) is 96.3 Å². The number of hydrogen-bond donors (Lipinski definition) is 9. The molecule has 0 spiro atoms. The van der Waals surface area contributed by atoms with Crippen molar-refractivity contribution in [1.29, 1.82) is 0 Å². The van der Waals surface area contributed by atoms with E-state index in [4.69, 9.17) is 18.9 Å². The van der Waals surface area contributed by atoms with Gasteiger partial charge in [0.1, 0.15) is 48.8 Å². The molecule has 14 nitrogen and oxygen atoms in total. The van der Waals surface area contributed by atoms with Gasteiger partial charge in [-0.2, -0.15) is 0 Å². The van der Waals surface area contributed by atoms with E-state index in [-0.39, 0.29) is 18.9 Å². The Morgan fingerprint density at radius 1 is 0.474 bits per heavy atom. The number of aliphatic hydroxyl groups is 8. The first kappa shape index (κ1) is 70.5. The molecule has 2 aliphatic heterocycles. The zero-order valence-corrected chi connectivity index (χ0v) is 47.6. The largest absolute Gasteiger partial charge is 0.394 e. The predicted molar refractivity (Wildman–Crippen MR) is 313 cm³/mol. The van der Waals surface area contributed by atoms with Crippen LogP contribution in [0, 0.1) is 0 Å². The molecule has 0 aromatic rings. The molecule has 2 rings (SSSR count). The van der Waals surface area contributed by atoms with Crippen LogP contribution >= 0.6 is 0 Å². The van der Waals surface area contributed by atoms with Crippen molar-refractivity contribution >= 4 is 5.91 Å². The number of rotatable bonds is 45. The van der Waals surface area contributed by atoms with Gasteiger partial charge in [0.05, 0.1) is 32.0 Å². The molecule has 0 aliphatic carbocycles. The molecular formula is C64H105NO13. The third-order valence-electron chi connectivity index (χ3n) is 13.6. The van der Waals surface area contributed by atoms with Crippen molar-refractivity contribution < 1.29 is 64.6 Å². The summed E-state index contributed by atoms with van der Waals surface area (Å²) in [5.74, 6) is -0.263. The monoisotopic (exact) mass is 1100 g/mol. The molecule has 0 aromatic carbocycles. The zero-order chi connectivity index (χ0) is 56.7. The van der Waals surface area contributed by atoms with Gasteiger partial charge in [-0.25, -0.2) is 0 Å². The van der Waals surface area contributed by atoms with Gasteiger partial charge in [0.2, 0.25) is 5.91 Å². The lowest BCUT2D eigenvalue weighted by atomic mass is 9.97. The number of hydrogen-bond acceptors (Lipinski definition) is 13. The summed E-state index contributed by atoms with van der Waals surface area (Å²) in [6, 6.07) is -0.940. The van der Waals surface area contributed by atoms with Crippen molar-refractivity contribution in [3.05, 3.63) is 122 Å². The summed E-state index contributed by atoms with van der Waals surface area (Å²) in [7, 11) is 0. The first-order valence-electron chi connectivity index (χ1n) is 29.8. The fraction of sp³-hybridized carbons (Fsp3) is 0.672. The molecule has 0 bridgehead atoms. The van der Waals surface area contributed by atoms with Gasteiger partial charge in [0.15, 0.2) is 12.6 Å². The van der Waals surface area contributed by atoms with E-state index >= 15 is 0 Å². The maximum absolute atomic E-state index is 13.2. The summed E-state index contributed by atoms with van der Waals surface area (Å²) in [6.07, 6.45) is 52.7. The maximum Gasteiger partial charge on any atom is 0.220 e. The maximum atomic E-state index is 13.2. The summed E-state index contributed by atoms with van der Waals surface area (Å²) >= 11 is 0. The molecular weight excluding hydrogens is 991 g/mol. The summed E-state index contributed by atoms with van der Waals surface area (Å²) in [4.78, 5) is 13.2. The summed E-state index contributed by atoms with van der Waals surface area (Å²) in [6.45, 7) is 2.57. The number of ether oxygens (including phenoxy) is 4. The predicted octanol–water partition coefficient (Wildman–Crippen LogP) is 10.2. The Morgan fingerprint density at radius 2 is 0.897 bits per heavy atom. The molecule has 2 saturated heterocycles. The van der Waals surface area contributed by atoms with Crippen molar-refractivity contribution in [1.82, 2.24) is 5.32 Å². The molecule has 1 amide bonds. The van der Waals surface area contributed by atoms with Gasteiger partial charge in [0, 0.05) is 6.42 Å². The minimum atomic E-state index is -1.80. The Kier molecular flexibility index (Phi) is 43.5. The number of carbonyl (C=O) groups is 1. The summed E-state index contributed by atoms with van der Waals surface area (Å²) in [5.41, 5.74) is 0. The van der Waals surface area contributed by atoms with Crippen molar-refractivity contribution in [3.63, 3.8) is 0 Å². The van der Waals surface area contributed by atoms with Crippen molar-refractivity contribution in [3.8, 4) is 0 Å². The molecule has 14 heteroatoms. The summed E-state index contributed by atoms with van der Waals surface area (Å²) in [5, 5.41) is 86.7. The van der Waals surface area contributed by atoms with E-state index in [1.54, 1.807) is 6.08 Å². The number of amides is 1. The standard InChI is InChI=1S/C64H105NO13/c1-3-5-7-9-11-13-14-15-16-17-18-19-20-21-22-23-24-25-26-27-28-29-30-31-32-33-34-35-36-37-38-40-42-44-46-48-56(69)65-52(53(68)47-45-43-41-39-12-10-8-6-4-2)51-75-63-61(74)59(72)62(55(50-67)77-63)78-64-60(73)58(71)57(70)54(49-66)76-64/h5,7,11-13,15-16,18-19,21-22,24-25,27-28,30-31,39,45,47,52-55,57-64,66-68,70-74H,3-4,6,8-10,14,17,20,23,26,29,32-38,40-44,46,48-51H2,1-2H3,(H,65,69)/b7-5-,13-11-,16-15-,19-18-,22-21-,25-24-,28-27-,31-30-,39-12+,47-45+. The Bertz CT molecular complexity index is 1770. The van der Waals surface area contributed by atoms with Gasteiger partial charge in [-0.3, -0.25) is 4.79 Å². The molecule has 2 heterocycles. The van der Waals surface area contributed by atoms with Crippen LogP contribution in [0.3, 0.4) is 0 Å². The minimum Gasteiger partial charge on any atom is -0.394 e. The molecule has 0 saturated carbocycles. The molecule has 2 fully saturated rings. The minimum absolute atomic E-state index is 0.260. The van der Waals surface area contributed by atoms with Crippen molar-refractivity contribution in [2.75, 3.05) is 19.8 Å². The van der Waals surface area contributed by atoms with Crippen LogP contribution in [0.15, 0.2) is 122 Å². The lowest BCUT2D eigenvalue weighted by molar-refractivity contribution is -0.359. The van der Waals surface area contributed by atoms with Crippen molar-refractivity contribution in [2.45, 2.75) is 254 Å². The van der Waals surface area contributed by atoms with E-state index < -0.39 is 86.8 Å². The van der Waals surface area contributed by atoms with E-state index in [9.17, 15) is 45.6 Å². The molecule has 444 valence electrons. The highest BCUT2D eigenvalue weighted by Gasteiger charge is 2.51. The molecule has 0 radical (unpaired) electrons. The number of nitrogens with one attached hydrogen (secondary N) is 1. The highest BCUT2D eigenvalue weighted by molar-refractivity contribution is 5.76. The van der Waals surface area contributed by atoms with Gasteiger partial charge in [-0.1, -0.05) is 200 Å². The lowest BCUT2D eigenvalue weighted by Gasteiger charge is -2.46. The molecule has 12 atom stereocenters. The van der Waals surface area contributed by atoms with Gasteiger partial charge in [-0.15, -0.1) is 0 Å². The van der Waals surface area contributed by atoms with Crippen molar-refractivity contribution in [2.24, 2.45) is 0 Å². The Morgan fingerprint density at radius 3 is 1.41 bits per heavy atom. The van der Waals surface area contributed by atoms with Crippen LogP contribution in [-0.2, 0) is 23.7 Å². The van der Waals surface area contributed by atoms with Gasteiger partial charge in [-0.05, 0) is 96.3 Å². The quantitative estimate of drug-likeness (QED) is 0.0205. The zero-order valence-electron chi connectivity index (χ0n) is 47.6. The average Bonchev–Trinajstić information content (AvgIpc) is 3.44. The van der Waals surface area contributed by atoms with Crippen LogP contribution in [0.1, 0.15) is 181 Å². The topological polar surface area (TPSA) is 228 Å². The van der Waals surface area contributed by atoms with Crippen LogP contribution in [0.5, 0.6) is 0 Å². The van der Waals surface area contributed by atoms with E-state index in [1.807, 2.05) is 6.08 Å². The lowest BCUT2D eigenvalue weighted by Crippen LogP contribution is -2.65. The Labute approximate surface area is 469 Å². The fourth-order valence-electron chi connectivity index (χ4n) is 8.85. The second kappa shape index (κ2) is 48.1. The molecule has 12 unspecified atom stereocenters. The van der Waals surface area contributed by atoms with Crippen LogP contribution < -0.4 is 5.32 Å². The van der Waals surface area contributed by atoms with Crippen LogP contribution in [0.2, 0.25) is 0 Å². The number of allylic oxidation sites excluding steroid dienone is 19. The molecule has 0 aromatic heterocycles. The fourth-order valence-corrected chi connectivity index (χ4v) is 8.85. The Hall–Kier alpha value is -3.61. The molecule has 9 N–H and O–H groups in total. The average molecular weight is 1100 g/mol. The van der Waals surface area contributed by atoms with Crippen LogP contribution in [0.4, 0.5) is 0 Å². The van der Waals surface area contributed by atoms with E-state index in [1.165, 1.54) is 51.4 Å². The Balaban J connectivity index is 1.63. The molecule has 2 aliphatic rings. The summed E-state index contributed by atoms with van der Waals surface area (Å²) < 4.78 is 22.7. The number of aliphatic hydroxyl groups excluding tert-OH is 8. The second-order valence-corrected chi connectivity index (χ2v) is 20.4. The number of unbranched alkanes of at least 4 members (excludes halogenated alkanes) is 14. The molecule has 78 heavy (non-hydrogen) atoms. The van der Waals surface area contributed by atoms with Crippen LogP contribution in [-0.4, -0.2) is 140 Å². The first-order chi connectivity index (χ1) is 38.1. The second-order valence-electron chi connectivity index (χ2n) is 20.4. The highest BCUT2D eigenvalue weighted by Crippen LogP contribution is 2.30. The highest BCUT2D eigenvalue weighted by atomic mass is 16.7. The first-order valence-corrected chi connectivity index (χ1v) is 29.8. The number of carbonyl (C=O) groups excluding carboxylic acids is 1. The van der Waals surface area contributed by atoms with E-state index in [0.29, 0.717) is 12.8 Å².